The van der Waals surface area contributed by atoms with Gasteiger partial charge in [-0.05, 0) is 30.7 Å². The van der Waals surface area contributed by atoms with Crippen LogP contribution >= 0.6 is 11.6 Å². The van der Waals surface area contributed by atoms with Crippen molar-refractivity contribution < 1.29 is 13.2 Å². The van der Waals surface area contributed by atoms with E-state index in [1.807, 2.05) is 6.92 Å². The molecule has 0 aliphatic rings. The van der Waals surface area contributed by atoms with Crippen molar-refractivity contribution in [1.82, 2.24) is 14.8 Å². The van der Waals surface area contributed by atoms with E-state index >= 15 is 0 Å². The third-order valence-electron chi connectivity index (χ3n) is 3.67. The largest absolute Gasteiger partial charge is 0.416 e. The van der Waals surface area contributed by atoms with E-state index in [1.54, 1.807) is 23.9 Å². The summed E-state index contributed by atoms with van der Waals surface area (Å²) in [5, 5.41) is 8.52. The number of rotatable bonds is 3. The lowest BCUT2D eigenvalue weighted by molar-refractivity contribution is -0.137. The lowest BCUT2D eigenvalue weighted by Crippen LogP contribution is -2.07. The van der Waals surface area contributed by atoms with Gasteiger partial charge in [-0.1, -0.05) is 23.7 Å². The molecule has 8 heteroatoms. The molecule has 2 aromatic heterocycles. The first-order valence-electron chi connectivity index (χ1n) is 7.15. The Hall–Kier alpha value is -2.28. The Kier molecular flexibility index (Phi) is 4.13. The van der Waals surface area contributed by atoms with Gasteiger partial charge in [0, 0.05) is 13.6 Å². The smallest absolute Gasteiger partial charge is 0.380 e. The van der Waals surface area contributed by atoms with Crippen molar-refractivity contribution in [3.05, 3.63) is 52.3 Å². The highest BCUT2D eigenvalue weighted by Gasteiger charge is 2.30. The van der Waals surface area contributed by atoms with Crippen LogP contribution in [0.15, 0.2) is 30.3 Å². The summed E-state index contributed by atoms with van der Waals surface area (Å²) < 4.78 is 40.0. The summed E-state index contributed by atoms with van der Waals surface area (Å²) in [6.45, 7) is 2.07. The van der Waals surface area contributed by atoms with E-state index in [0.29, 0.717) is 16.9 Å². The molecule has 0 aliphatic heterocycles. The third kappa shape index (κ3) is 3.17. The van der Waals surface area contributed by atoms with Gasteiger partial charge < -0.3 is 5.32 Å². The molecule has 4 nitrogen and oxygen atoms in total. The minimum Gasteiger partial charge on any atom is -0.380 e. The van der Waals surface area contributed by atoms with E-state index in [4.69, 9.17) is 11.6 Å². The number of halogens is 4. The average Bonchev–Trinajstić information content (AvgIpc) is 2.79. The van der Waals surface area contributed by atoms with Gasteiger partial charge in [0.15, 0.2) is 5.65 Å². The minimum absolute atomic E-state index is 0.230. The van der Waals surface area contributed by atoms with Crippen LogP contribution in [0.1, 0.15) is 16.8 Å². The maximum absolute atomic E-state index is 12.8. The highest BCUT2D eigenvalue weighted by Crippen LogP contribution is 2.31. The molecule has 0 spiro atoms. The molecule has 0 amide bonds. The van der Waals surface area contributed by atoms with Gasteiger partial charge in [-0.2, -0.15) is 18.3 Å². The molecular formula is C16H14ClF3N4. The van der Waals surface area contributed by atoms with Crippen molar-refractivity contribution in [2.45, 2.75) is 19.6 Å². The average molecular weight is 355 g/mol. The Labute approximate surface area is 141 Å². The zero-order valence-electron chi connectivity index (χ0n) is 12.9. The molecule has 0 fully saturated rings. The Bertz CT molecular complexity index is 902. The number of aryl methyl sites for hydroxylation is 2. The second-order valence-electron chi connectivity index (χ2n) is 5.45. The van der Waals surface area contributed by atoms with Crippen LogP contribution in [0.5, 0.6) is 0 Å². The summed E-state index contributed by atoms with van der Waals surface area (Å²) in [4.78, 5) is 4.24. The Morgan fingerprint density at radius 3 is 2.71 bits per heavy atom. The van der Waals surface area contributed by atoms with Gasteiger partial charge in [-0.3, -0.25) is 4.68 Å². The molecule has 126 valence electrons. The molecule has 0 atom stereocenters. The molecular weight excluding hydrogens is 341 g/mol. The van der Waals surface area contributed by atoms with Crippen molar-refractivity contribution in [2.75, 3.05) is 5.32 Å². The number of aromatic nitrogens is 3. The fourth-order valence-electron chi connectivity index (χ4n) is 2.61. The summed E-state index contributed by atoms with van der Waals surface area (Å²) in [6.07, 6.45) is -4.36. The molecule has 0 radical (unpaired) electrons. The highest BCUT2D eigenvalue weighted by atomic mass is 35.5. The van der Waals surface area contributed by atoms with Gasteiger partial charge in [-0.15, -0.1) is 0 Å². The minimum atomic E-state index is -4.36. The SMILES string of the molecule is Cc1nn(C)c2nc(Cl)cc(NCc3cccc(C(F)(F)F)c3)c12. The molecule has 1 aromatic carbocycles. The monoisotopic (exact) mass is 354 g/mol. The summed E-state index contributed by atoms with van der Waals surface area (Å²) in [5.74, 6) is 0. The predicted molar refractivity (Wildman–Crippen MR) is 87.0 cm³/mol. The molecule has 2 heterocycles. The fourth-order valence-corrected chi connectivity index (χ4v) is 2.80. The van der Waals surface area contributed by atoms with Crippen LogP contribution < -0.4 is 5.32 Å². The van der Waals surface area contributed by atoms with Crippen LogP contribution in [0.25, 0.3) is 11.0 Å². The Morgan fingerprint density at radius 2 is 2.00 bits per heavy atom. The summed E-state index contributed by atoms with van der Waals surface area (Å²) >= 11 is 6.03. The lowest BCUT2D eigenvalue weighted by atomic mass is 10.1. The molecule has 0 bridgehead atoms. The maximum atomic E-state index is 12.8. The van der Waals surface area contributed by atoms with Crippen molar-refractivity contribution >= 4 is 28.3 Å². The van der Waals surface area contributed by atoms with Gasteiger partial charge in [0.1, 0.15) is 5.15 Å². The zero-order chi connectivity index (χ0) is 17.5. The summed E-state index contributed by atoms with van der Waals surface area (Å²) in [7, 11) is 1.76. The van der Waals surface area contributed by atoms with Crippen LogP contribution in [-0.4, -0.2) is 14.8 Å². The molecule has 24 heavy (non-hydrogen) atoms. The first-order valence-corrected chi connectivity index (χ1v) is 7.53. The van der Waals surface area contributed by atoms with Gasteiger partial charge in [0.05, 0.1) is 22.3 Å². The fraction of sp³-hybridized carbons (Fsp3) is 0.250. The van der Waals surface area contributed by atoms with Gasteiger partial charge in [0.25, 0.3) is 0 Å². The normalized spacial score (nSPS) is 11.9. The van der Waals surface area contributed by atoms with Gasteiger partial charge in [0.2, 0.25) is 0 Å². The van der Waals surface area contributed by atoms with Crippen molar-refractivity contribution in [3.63, 3.8) is 0 Å². The van der Waals surface area contributed by atoms with E-state index in [0.717, 1.165) is 23.2 Å². The summed E-state index contributed by atoms with van der Waals surface area (Å²) in [6, 6.07) is 6.86. The Balaban J connectivity index is 1.92. The standard InChI is InChI=1S/C16H14ClF3N4/c1-9-14-12(7-13(17)22-15(14)24(2)23-9)21-8-10-4-3-5-11(6-10)16(18,19)20/h3-7H,8H2,1-2H3,(H,21,22). The number of hydrogen-bond donors (Lipinski definition) is 1. The zero-order valence-corrected chi connectivity index (χ0v) is 13.7. The Morgan fingerprint density at radius 1 is 1.25 bits per heavy atom. The number of anilines is 1. The highest BCUT2D eigenvalue weighted by molar-refractivity contribution is 6.30. The number of nitrogens with zero attached hydrogens (tertiary/aromatic N) is 3. The second-order valence-corrected chi connectivity index (χ2v) is 5.84. The maximum Gasteiger partial charge on any atom is 0.416 e. The van der Waals surface area contributed by atoms with Crippen LogP contribution in [-0.2, 0) is 19.8 Å². The number of hydrogen-bond acceptors (Lipinski definition) is 3. The third-order valence-corrected chi connectivity index (χ3v) is 3.87. The van der Waals surface area contributed by atoms with Gasteiger partial charge in [-0.25, -0.2) is 4.98 Å². The van der Waals surface area contributed by atoms with E-state index in [9.17, 15) is 13.2 Å². The molecule has 0 unspecified atom stereocenters. The van der Waals surface area contributed by atoms with E-state index in [-0.39, 0.29) is 11.7 Å². The molecule has 0 saturated heterocycles. The molecule has 1 N–H and O–H groups in total. The van der Waals surface area contributed by atoms with Crippen molar-refractivity contribution in [2.24, 2.45) is 7.05 Å². The predicted octanol–water partition coefficient (Wildman–Crippen LogP) is 4.56. The van der Waals surface area contributed by atoms with Gasteiger partial charge >= 0.3 is 6.18 Å². The van der Waals surface area contributed by atoms with Crippen molar-refractivity contribution in [1.29, 1.82) is 0 Å². The molecule has 0 saturated carbocycles. The second kappa shape index (κ2) is 5.98. The first kappa shape index (κ1) is 16.6. The number of benzene rings is 1. The number of pyridine rings is 1. The number of fused-ring (bicyclic) bond motifs is 1. The quantitative estimate of drug-likeness (QED) is 0.701. The first-order chi connectivity index (χ1) is 11.3. The van der Waals surface area contributed by atoms with Crippen LogP contribution in [0.4, 0.5) is 18.9 Å². The number of nitrogens with one attached hydrogen (secondary N) is 1. The molecule has 0 aliphatic carbocycles. The van der Waals surface area contributed by atoms with E-state index < -0.39 is 11.7 Å². The van der Waals surface area contributed by atoms with Crippen LogP contribution in [0.3, 0.4) is 0 Å². The van der Waals surface area contributed by atoms with Crippen LogP contribution in [0.2, 0.25) is 5.15 Å². The topological polar surface area (TPSA) is 42.7 Å². The number of alkyl halides is 3. The molecule has 3 aromatic rings. The summed E-state index contributed by atoms with van der Waals surface area (Å²) in [5.41, 5.74) is 1.92. The van der Waals surface area contributed by atoms with E-state index in [1.165, 1.54) is 6.07 Å². The lowest BCUT2D eigenvalue weighted by Gasteiger charge is -2.11. The van der Waals surface area contributed by atoms with Crippen molar-refractivity contribution in [3.8, 4) is 0 Å². The molecule has 3 rings (SSSR count). The van der Waals surface area contributed by atoms with E-state index in [2.05, 4.69) is 15.4 Å². The van der Waals surface area contributed by atoms with Crippen LogP contribution in [0, 0.1) is 6.92 Å².